The largest absolute Gasteiger partial charge is 0.481 e. The van der Waals surface area contributed by atoms with Gasteiger partial charge in [0.15, 0.2) is 0 Å². The van der Waals surface area contributed by atoms with Crippen LogP contribution in [0, 0.1) is 0 Å². The van der Waals surface area contributed by atoms with Gasteiger partial charge in [0, 0.05) is 13.0 Å². The first-order valence-electron chi connectivity index (χ1n) is 5.33. The number of rotatable bonds is 5. The molecule has 3 atom stereocenters. The molecule has 1 heterocycles. The standard InChI is InChI=1S/C10H17NO6/c1-10(16)2-3-17-5-7(10)11-6(9(14)15)4-8(12)13/h6-7,11,16H,2-5H2,1H3,(H,12,13)(H,14,15)/t6?,7-,10-/m0/s1. The molecule has 0 saturated carbocycles. The third-order valence-electron chi connectivity index (χ3n) is 2.87. The first-order valence-corrected chi connectivity index (χ1v) is 5.33. The van der Waals surface area contributed by atoms with Crippen LogP contribution in [0.4, 0.5) is 0 Å². The van der Waals surface area contributed by atoms with E-state index in [1.807, 2.05) is 0 Å². The van der Waals surface area contributed by atoms with E-state index < -0.39 is 36.0 Å². The molecule has 4 N–H and O–H groups in total. The lowest BCUT2D eigenvalue weighted by Crippen LogP contribution is -2.59. The summed E-state index contributed by atoms with van der Waals surface area (Å²) in [4.78, 5) is 21.4. The fourth-order valence-electron chi connectivity index (χ4n) is 1.70. The van der Waals surface area contributed by atoms with Gasteiger partial charge in [-0.25, -0.2) is 0 Å². The van der Waals surface area contributed by atoms with Gasteiger partial charge in [0.25, 0.3) is 0 Å². The van der Waals surface area contributed by atoms with Crippen molar-refractivity contribution in [3.05, 3.63) is 0 Å². The molecule has 0 aliphatic carbocycles. The van der Waals surface area contributed by atoms with E-state index in [1.54, 1.807) is 6.92 Å². The van der Waals surface area contributed by atoms with E-state index in [1.165, 1.54) is 0 Å². The Morgan fingerprint density at radius 2 is 2.18 bits per heavy atom. The van der Waals surface area contributed by atoms with Crippen LogP contribution in [0.15, 0.2) is 0 Å². The zero-order chi connectivity index (χ0) is 13.1. The molecular formula is C10H17NO6. The molecule has 1 rings (SSSR count). The van der Waals surface area contributed by atoms with Gasteiger partial charge < -0.3 is 20.1 Å². The average Bonchev–Trinajstić information content (AvgIpc) is 2.18. The minimum Gasteiger partial charge on any atom is -0.481 e. The van der Waals surface area contributed by atoms with Gasteiger partial charge in [-0.15, -0.1) is 0 Å². The number of hydrogen-bond donors (Lipinski definition) is 4. The maximum absolute atomic E-state index is 10.9. The molecule has 1 fully saturated rings. The number of nitrogens with one attached hydrogen (secondary N) is 1. The number of carbonyl (C=O) groups is 2. The number of aliphatic hydroxyl groups is 1. The second-order valence-corrected chi connectivity index (χ2v) is 4.39. The molecule has 0 bridgehead atoms. The molecule has 1 aliphatic heterocycles. The zero-order valence-corrected chi connectivity index (χ0v) is 9.55. The Morgan fingerprint density at radius 3 is 2.65 bits per heavy atom. The summed E-state index contributed by atoms with van der Waals surface area (Å²) in [5, 5.41) is 30.1. The molecule has 17 heavy (non-hydrogen) atoms. The highest BCUT2D eigenvalue weighted by atomic mass is 16.5. The molecule has 0 aromatic heterocycles. The van der Waals surface area contributed by atoms with Crippen LogP contribution in [0.5, 0.6) is 0 Å². The van der Waals surface area contributed by atoms with Crippen molar-refractivity contribution in [2.75, 3.05) is 13.2 Å². The first-order chi connectivity index (χ1) is 7.83. The fourth-order valence-corrected chi connectivity index (χ4v) is 1.70. The Balaban J connectivity index is 2.65. The number of carboxylic acid groups (broad SMARTS) is 2. The fraction of sp³-hybridized carbons (Fsp3) is 0.800. The molecular weight excluding hydrogens is 230 g/mol. The SMILES string of the molecule is C[C@]1(O)CCOC[C@@H]1NC(CC(=O)O)C(=O)O. The number of aliphatic carboxylic acids is 2. The summed E-state index contributed by atoms with van der Waals surface area (Å²) in [6.07, 6.45) is -0.161. The minimum absolute atomic E-state index is 0.163. The van der Waals surface area contributed by atoms with Crippen LogP contribution in [0.3, 0.4) is 0 Å². The van der Waals surface area contributed by atoms with Gasteiger partial charge in [-0.2, -0.15) is 0 Å². The van der Waals surface area contributed by atoms with Gasteiger partial charge in [0.05, 0.1) is 24.7 Å². The smallest absolute Gasteiger partial charge is 0.321 e. The molecule has 1 unspecified atom stereocenters. The second-order valence-electron chi connectivity index (χ2n) is 4.39. The molecule has 0 amide bonds. The summed E-state index contributed by atoms with van der Waals surface area (Å²) >= 11 is 0. The lowest BCUT2D eigenvalue weighted by molar-refractivity contribution is -0.148. The van der Waals surface area contributed by atoms with E-state index in [4.69, 9.17) is 14.9 Å². The normalized spacial score (nSPS) is 30.8. The third kappa shape index (κ3) is 3.95. The van der Waals surface area contributed by atoms with Crippen molar-refractivity contribution in [3.8, 4) is 0 Å². The highest BCUT2D eigenvalue weighted by molar-refractivity contribution is 5.80. The third-order valence-corrected chi connectivity index (χ3v) is 2.87. The predicted molar refractivity (Wildman–Crippen MR) is 56.7 cm³/mol. The van der Waals surface area contributed by atoms with Crippen LogP contribution >= 0.6 is 0 Å². The zero-order valence-electron chi connectivity index (χ0n) is 9.55. The van der Waals surface area contributed by atoms with Crippen LogP contribution in [0.25, 0.3) is 0 Å². The molecule has 0 radical (unpaired) electrons. The van der Waals surface area contributed by atoms with E-state index in [0.29, 0.717) is 13.0 Å². The van der Waals surface area contributed by atoms with Crippen molar-refractivity contribution < 1.29 is 29.6 Å². The van der Waals surface area contributed by atoms with Gasteiger partial charge in [0.2, 0.25) is 0 Å². The van der Waals surface area contributed by atoms with Gasteiger partial charge in [0.1, 0.15) is 6.04 Å². The van der Waals surface area contributed by atoms with Crippen molar-refractivity contribution in [2.45, 2.75) is 37.5 Å². The lowest BCUT2D eigenvalue weighted by Gasteiger charge is -2.38. The Labute approximate surface area is 98.4 Å². The summed E-state index contributed by atoms with van der Waals surface area (Å²) in [5.41, 5.74) is -1.09. The summed E-state index contributed by atoms with van der Waals surface area (Å²) < 4.78 is 5.14. The van der Waals surface area contributed by atoms with Crippen molar-refractivity contribution >= 4 is 11.9 Å². The summed E-state index contributed by atoms with van der Waals surface area (Å²) in [5.74, 6) is -2.46. The first kappa shape index (κ1) is 13.9. The molecule has 1 aliphatic rings. The highest BCUT2D eigenvalue weighted by Gasteiger charge is 2.38. The topological polar surface area (TPSA) is 116 Å². The van der Waals surface area contributed by atoms with E-state index >= 15 is 0 Å². The molecule has 7 nitrogen and oxygen atoms in total. The van der Waals surface area contributed by atoms with E-state index in [-0.39, 0.29) is 6.61 Å². The quantitative estimate of drug-likeness (QED) is 0.494. The van der Waals surface area contributed by atoms with Crippen molar-refractivity contribution in [2.24, 2.45) is 0 Å². The maximum Gasteiger partial charge on any atom is 0.321 e. The molecule has 0 spiro atoms. The Hall–Kier alpha value is -1.18. The number of ether oxygens (including phenoxy) is 1. The summed E-state index contributed by atoms with van der Waals surface area (Å²) in [6, 6.07) is -1.82. The lowest BCUT2D eigenvalue weighted by atomic mass is 9.90. The van der Waals surface area contributed by atoms with E-state index in [9.17, 15) is 14.7 Å². The number of hydrogen-bond acceptors (Lipinski definition) is 5. The van der Waals surface area contributed by atoms with Gasteiger partial charge in [-0.3, -0.25) is 14.9 Å². The average molecular weight is 247 g/mol. The van der Waals surface area contributed by atoms with E-state index in [2.05, 4.69) is 5.32 Å². The van der Waals surface area contributed by atoms with Gasteiger partial charge >= 0.3 is 11.9 Å². The Kier molecular flexibility index (Phi) is 4.44. The Bertz CT molecular complexity index is 303. The van der Waals surface area contributed by atoms with Crippen molar-refractivity contribution in [1.29, 1.82) is 0 Å². The monoisotopic (exact) mass is 247 g/mol. The molecule has 1 saturated heterocycles. The Morgan fingerprint density at radius 1 is 1.53 bits per heavy atom. The molecule has 7 heteroatoms. The van der Waals surface area contributed by atoms with Crippen LogP contribution in [-0.4, -0.2) is 58.2 Å². The number of carboxylic acids is 2. The predicted octanol–water partition coefficient (Wildman–Crippen LogP) is -0.956. The van der Waals surface area contributed by atoms with Crippen molar-refractivity contribution in [1.82, 2.24) is 5.32 Å². The van der Waals surface area contributed by atoms with Crippen LogP contribution in [0.2, 0.25) is 0 Å². The highest BCUT2D eigenvalue weighted by Crippen LogP contribution is 2.20. The van der Waals surface area contributed by atoms with Crippen molar-refractivity contribution in [3.63, 3.8) is 0 Å². The molecule has 0 aromatic carbocycles. The van der Waals surface area contributed by atoms with Crippen LogP contribution < -0.4 is 5.32 Å². The second kappa shape index (κ2) is 5.44. The maximum atomic E-state index is 10.9. The van der Waals surface area contributed by atoms with Gasteiger partial charge in [-0.05, 0) is 6.92 Å². The molecule has 0 aromatic rings. The summed E-state index contributed by atoms with van der Waals surface area (Å²) in [6.45, 7) is 2.14. The minimum atomic E-state index is -1.26. The van der Waals surface area contributed by atoms with Crippen LogP contribution in [-0.2, 0) is 14.3 Å². The van der Waals surface area contributed by atoms with Crippen LogP contribution in [0.1, 0.15) is 19.8 Å². The molecule has 98 valence electrons. The summed E-state index contributed by atoms with van der Waals surface area (Å²) in [7, 11) is 0. The van der Waals surface area contributed by atoms with Gasteiger partial charge in [-0.1, -0.05) is 0 Å². The van der Waals surface area contributed by atoms with E-state index in [0.717, 1.165) is 0 Å².